The van der Waals surface area contributed by atoms with Gasteiger partial charge in [0.15, 0.2) is 0 Å². The number of aromatic nitrogens is 2. The quantitative estimate of drug-likeness (QED) is 0.173. The van der Waals surface area contributed by atoms with Crippen molar-refractivity contribution in [2.45, 2.75) is 6.04 Å². The molecule has 4 heterocycles. The van der Waals surface area contributed by atoms with E-state index in [1.54, 1.807) is 0 Å². The Bertz CT molecular complexity index is 3200. The maximum Gasteiger partial charge on any atom is 0.211 e. The van der Waals surface area contributed by atoms with Crippen molar-refractivity contribution < 1.29 is 0 Å². The first-order valence-corrected chi connectivity index (χ1v) is 19.7. The number of para-hydroxylation sites is 3. The Hall–Kier alpha value is -7.43. The van der Waals surface area contributed by atoms with E-state index in [0.29, 0.717) is 0 Å². The summed E-state index contributed by atoms with van der Waals surface area (Å²) in [4.78, 5) is 7.63. The fourth-order valence-electron chi connectivity index (χ4n) is 9.33. The Morgan fingerprint density at radius 1 is 0.386 bits per heavy atom. The predicted molar refractivity (Wildman–Crippen MR) is 237 cm³/mol. The maximum absolute atomic E-state index is 5.15. The number of hydrogen-bond donors (Lipinski definition) is 0. The first-order chi connectivity index (χ1) is 28.3. The van der Waals surface area contributed by atoms with Gasteiger partial charge in [-0.15, -0.1) is 0 Å². The molecular weight excluding hydrogens is 693 g/mol. The van der Waals surface area contributed by atoms with Crippen molar-refractivity contribution in [3.63, 3.8) is 0 Å². The van der Waals surface area contributed by atoms with E-state index in [2.05, 4.69) is 214 Å². The molecule has 2 aliphatic heterocycles. The van der Waals surface area contributed by atoms with Gasteiger partial charge in [0.25, 0.3) is 0 Å². The van der Waals surface area contributed by atoms with Gasteiger partial charge < -0.3 is 9.47 Å². The van der Waals surface area contributed by atoms with Gasteiger partial charge in [-0.3, -0.25) is 4.57 Å². The summed E-state index contributed by atoms with van der Waals surface area (Å²) < 4.78 is 4.75. The van der Waals surface area contributed by atoms with Gasteiger partial charge in [-0.05, 0) is 111 Å². The van der Waals surface area contributed by atoms with Crippen LogP contribution in [0.3, 0.4) is 0 Å². The maximum atomic E-state index is 5.15. The van der Waals surface area contributed by atoms with Crippen molar-refractivity contribution in [1.82, 2.24) is 14.0 Å². The third kappa shape index (κ3) is 4.97. The van der Waals surface area contributed by atoms with Crippen LogP contribution in [0.15, 0.2) is 211 Å². The first kappa shape index (κ1) is 31.9. The van der Waals surface area contributed by atoms with Gasteiger partial charge >= 0.3 is 0 Å². The summed E-state index contributed by atoms with van der Waals surface area (Å²) >= 11 is 0. The van der Waals surface area contributed by atoms with Crippen LogP contribution in [-0.4, -0.2) is 26.5 Å². The predicted octanol–water partition coefficient (Wildman–Crippen LogP) is 13.1. The van der Waals surface area contributed by atoms with Crippen molar-refractivity contribution in [1.29, 1.82) is 0 Å². The summed E-state index contributed by atoms with van der Waals surface area (Å²) in [5.74, 6) is 0.968. The van der Waals surface area contributed by atoms with Gasteiger partial charge in [0.05, 0.1) is 28.1 Å². The van der Waals surface area contributed by atoms with E-state index in [-0.39, 0.29) is 6.04 Å². The Balaban J connectivity index is 0.969. The number of fused-ring (bicyclic) bond motifs is 8. The van der Waals surface area contributed by atoms with E-state index >= 15 is 0 Å². The fraction of sp³-hybridized carbons (Fsp3) is 0.0377. The summed E-state index contributed by atoms with van der Waals surface area (Å²) in [5.41, 5.74) is 15.8. The lowest BCUT2D eigenvalue weighted by Crippen LogP contribution is -2.51. The molecule has 57 heavy (non-hydrogen) atoms. The van der Waals surface area contributed by atoms with Crippen LogP contribution in [0.25, 0.3) is 82.7 Å². The molecule has 0 spiro atoms. The Kier molecular flexibility index (Phi) is 7.02. The summed E-state index contributed by atoms with van der Waals surface area (Å²) in [6.07, 6.45) is 2.12. The number of rotatable bonds is 5. The molecule has 8 aromatic carbocycles. The van der Waals surface area contributed by atoms with Gasteiger partial charge in [-0.1, -0.05) is 127 Å². The molecule has 2 aliphatic rings. The highest BCUT2D eigenvalue weighted by Crippen LogP contribution is 2.45. The molecule has 2 aromatic heterocycles. The van der Waals surface area contributed by atoms with E-state index in [4.69, 9.17) is 4.99 Å². The van der Waals surface area contributed by atoms with Crippen LogP contribution in [0.4, 0.5) is 0 Å². The fourth-order valence-corrected chi connectivity index (χ4v) is 9.33. The number of nitrogens with zero attached hydrogens (tertiary/aromatic N) is 4. The van der Waals surface area contributed by atoms with Crippen molar-refractivity contribution in [2.75, 3.05) is 6.54 Å². The molecule has 0 saturated carbocycles. The molecule has 4 nitrogen and oxygen atoms in total. The van der Waals surface area contributed by atoms with E-state index in [1.807, 2.05) is 0 Å². The minimum Gasteiger partial charge on any atom is -0.327 e. The normalized spacial score (nSPS) is 14.9. The van der Waals surface area contributed by atoms with Gasteiger partial charge in [-0.25, -0.2) is 4.99 Å². The Morgan fingerprint density at radius 2 is 0.877 bits per heavy atom. The van der Waals surface area contributed by atoms with Crippen molar-refractivity contribution in [3.8, 4) is 39.1 Å². The van der Waals surface area contributed by atoms with E-state index in [1.165, 1.54) is 82.8 Å². The minimum atomic E-state index is 0.115. The minimum absolute atomic E-state index is 0.115. The van der Waals surface area contributed by atoms with Crippen molar-refractivity contribution >= 4 is 49.6 Å². The number of aliphatic imine (C=N–C) groups is 1. The van der Waals surface area contributed by atoms with Crippen LogP contribution in [0, 0.1) is 0 Å². The van der Waals surface area contributed by atoms with Crippen LogP contribution in [0.1, 0.15) is 11.6 Å². The zero-order valence-corrected chi connectivity index (χ0v) is 31.1. The highest BCUT2D eigenvalue weighted by Gasteiger charge is 2.41. The molecular formula is C53H36N4. The highest BCUT2D eigenvalue weighted by atomic mass is 15.4. The van der Waals surface area contributed by atoms with Gasteiger partial charge in [-0.2, -0.15) is 0 Å². The average molecular weight is 729 g/mol. The van der Waals surface area contributed by atoms with Gasteiger partial charge in [0, 0.05) is 40.0 Å². The molecule has 4 heteroatoms. The lowest BCUT2D eigenvalue weighted by atomic mass is 9.85. The Morgan fingerprint density at radius 3 is 1.46 bits per heavy atom. The zero-order chi connectivity index (χ0) is 37.5. The van der Waals surface area contributed by atoms with E-state index < -0.39 is 0 Å². The molecule has 12 rings (SSSR count). The van der Waals surface area contributed by atoms with Crippen LogP contribution in [0.5, 0.6) is 0 Å². The first-order valence-electron chi connectivity index (χ1n) is 19.7. The molecule has 2 bridgehead atoms. The molecule has 0 amide bonds. The topological polar surface area (TPSA) is 25.5 Å². The third-order valence-corrected chi connectivity index (χ3v) is 12.0. The van der Waals surface area contributed by atoms with Crippen molar-refractivity contribution in [3.05, 3.63) is 211 Å². The molecule has 0 radical (unpaired) electrons. The van der Waals surface area contributed by atoms with Gasteiger partial charge in [0.2, 0.25) is 5.96 Å². The molecule has 1 unspecified atom stereocenters. The van der Waals surface area contributed by atoms with E-state index in [9.17, 15) is 0 Å². The second kappa shape index (κ2) is 12.6. The lowest BCUT2D eigenvalue weighted by Gasteiger charge is -2.48. The van der Waals surface area contributed by atoms with Crippen molar-refractivity contribution in [2.24, 2.45) is 4.99 Å². The molecule has 0 N–H and O–H groups in total. The van der Waals surface area contributed by atoms with Crippen LogP contribution < -0.4 is 0 Å². The molecule has 1 fully saturated rings. The summed E-state index contributed by atoms with van der Waals surface area (Å²) in [7, 11) is 0. The third-order valence-electron chi connectivity index (χ3n) is 12.0. The molecule has 10 aromatic rings. The largest absolute Gasteiger partial charge is 0.327 e. The molecule has 1 saturated heterocycles. The van der Waals surface area contributed by atoms with Crippen LogP contribution in [0.2, 0.25) is 0 Å². The molecule has 1 atom stereocenters. The summed E-state index contributed by atoms with van der Waals surface area (Å²) in [6, 6.07) is 70.7. The SMILES string of the molecule is C1=C2CN(C(n3c4ccccc4c4cc(-c5ccc6c(c5)c5ccccc5n6-c5ccccc5)ccc43)=N1)C2c1cc(-c2ccccc2)cc(-c2ccccc2)c1. The lowest BCUT2D eigenvalue weighted by molar-refractivity contribution is 0.264. The standard InChI is InChI=1S/C53H36N4/c1-4-14-35(15-5-1)39-28-40(36-16-6-2-7-17-36)30-41(29-39)52-42-33-54-53(55(52)34-42)57-49-23-13-11-21-45(49)47-32-38(25-27-51(47)57)37-24-26-50-46(31-37)44-20-10-12-22-48(44)56(50)43-18-8-3-9-19-43/h1-33,52H,34H2. The highest BCUT2D eigenvalue weighted by molar-refractivity contribution is 6.16. The molecule has 268 valence electrons. The summed E-state index contributed by atoms with van der Waals surface area (Å²) in [6.45, 7) is 0.864. The zero-order valence-electron chi connectivity index (χ0n) is 31.1. The van der Waals surface area contributed by atoms with Gasteiger partial charge in [0.1, 0.15) is 0 Å². The molecule has 0 aliphatic carbocycles. The monoisotopic (exact) mass is 728 g/mol. The second-order valence-corrected chi connectivity index (χ2v) is 15.2. The Labute approximate surface area is 330 Å². The smallest absolute Gasteiger partial charge is 0.211 e. The van der Waals surface area contributed by atoms with E-state index in [0.717, 1.165) is 23.5 Å². The number of benzene rings is 8. The summed E-state index contributed by atoms with van der Waals surface area (Å²) in [5, 5.41) is 4.96. The van der Waals surface area contributed by atoms with Crippen LogP contribution >= 0.6 is 0 Å². The average Bonchev–Trinajstić information content (AvgIpc) is 3.79. The van der Waals surface area contributed by atoms with Crippen LogP contribution in [-0.2, 0) is 0 Å². The number of hydrogen-bond acceptors (Lipinski definition) is 2. The second-order valence-electron chi connectivity index (χ2n) is 15.2.